The van der Waals surface area contributed by atoms with Crippen molar-refractivity contribution in [3.8, 4) is 0 Å². The summed E-state index contributed by atoms with van der Waals surface area (Å²) in [6.07, 6.45) is 4.83. The van der Waals surface area contributed by atoms with Gasteiger partial charge in [-0.05, 0) is 38.7 Å². The van der Waals surface area contributed by atoms with Gasteiger partial charge in [0.2, 0.25) is 16.0 Å². The molecule has 0 bridgehead atoms. The van der Waals surface area contributed by atoms with E-state index in [1.165, 1.54) is 0 Å². The van der Waals surface area contributed by atoms with E-state index in [9.17, 15) is 8.42 Å². The standard InChI is InChI=1S/C16H20ClN5O2S/c1-10-8-11-9-18-16(21-14(11)15(17)19-10)20-12-4-6-22(7-5-12)25(23,24)13-2-3-13/h8-9,12-13H,2-7H2,1H3,(H,18,20,21). The normalized spacial score (nSPS) is 20.1. The van der Waals surface area contributed by atoms with Crippen LogP contribution in [0.3, 0.4) is 0 Å². The second-order valence-electron chi connectivity index (χ2n) is 6.75. The SMILES string of the molecule is Cc1cc2cnc(NC3CCN(S(=O)(=O)C4CC4)CC3)nc2c(Cl)n1. The molecule has 0 spiro atoms. The second-order valence-corrected chi connectivity index (χ2v) is 9.32. The van der Waals surface area contributed by atoms with Gasteiger partial charge in [-0.2, -0.15) is 0 Å². The Morgan fingerprint density at radius 1 is 1.20 bits per heavy atom. The molecule has 1 saturated heterocycles. The summed E-state index contributed by atoms with van der Waals surface area (Å²) >= 11 is 6.18. The number of rotatable bonds is 4. The van der Waals surface area contributed by atoms with Crippen LogP contribution in [0.15, 0.2) is 12.3 Å². The van der Waals surface area contributed by atoms with Crippen LogP contribution < -0.4 is 5.32 Å². The summed E-state index contributed by atoms with van der Waals surface area (Å²) in [7, 11) is -3.08. The number of hydrogen-bond donors (Lipinski definition) is 1. The lowest BCUT2D eigenvalue weighted by atomic mass is 10.1. The quantitative estimate of drug-likeness (QED) is 0.818. The highest BCUT2D eigenvalue weighted by atomic mass is 35.5. The lowest BCUT2D eigenvalue weighted by molar-refractivity contribution is 0.328. The van der Waals surface area contributed by atoms with Crippen molar-refractivity contribution in [2.45, 2.75) is 43.9 Å². The Kier molecular flexibility index (Phi) is 4.29. The Morgan fingerprint density at radius 3 is 2.60 bits per heavy atom. The largest absolute Gasteiger partial charge is 0.351 e. The van der Waals surface area contributed by atoms with Crippen LogP contribution in [0.5, 0.6) is 0 Å². The molecule has 0 atom stereocenters. The fourth-order valence-corrected chi connectivity index (χ4v) is 5.37. The molecule has 2 aromatic rings. The smallest absolute Gasteiger partial charge is 0.223 e. The maximum atomic E-state index is 12.3. The van der Waals surface area contributed by atoms with Gasteiger partial charge in [-0.15, -0.1) is 0 Å². The molecular weight excluding hydrogens is 362 g/mol. The number of sulfonamides is 1. The Hall–Kier alpha value is -1.51. The molecule has 3 heterocycles. The molecular formula is C16H20ClN5O2S. The summed E-state index contributed by atoms with van der Waals surface area (Å²) < 4.78 is 26.2. The van der Waals surface area contributed by atoms with E-state index in [1.807, 2.05) is 13.0 Å². The van der Waals surface area contributed by atoms with Crippen molar-refractivity contribution in [2.75, 3.05) is 18.4 Å². The number of hydrogen-bond acceptors (Lipinski definition) is 6. The Balaban J connectivity index is 1.44. The van der Waals surface area contributed by atoms with Gasteiger partial charge in [-0.3, -0.25) is 0 Å². The highest BCUT2D eigenvalue weighted by molar-refractivity contribution is 7.90. The summed E-state index contributed by atoms with van der Waals surface area (Å²) in [6.45, 7) is 2.97. The Labute approximate surface area is 151 Å². The summed E-state index contributed by atoms with van der Waals surface area (Å²) in [5.74, 6) is 0.503. The van der Waals surface area contributed by atoms with E-state index in [0.717, 1.165) is 36.8 Å². The number of pyridine rings is 1. The number of halogens is 1. The summed E-state index contributed by atoms with van der Waals surface area (Å²) in [6, 6.07) is 2.05. The third kappa shape index (κ3) is 3.43. The molecule has 2 aliphatic rings. The first kappa shape index (κ1) is 16.9. The molecule has 0 unspecified atom stereocenters. The van der Waals surface area contributed by atoms with E-state index in [4.69, 9.17) is 11.6 Å². The molecule has 2 aromatic heterocycles. The highest BCUT2D eigenvalue weighted by Crippen LogP contribution is 2.32. The van der Waals surface area contributed by atoms with E-state index in [2.05, 4.69) is 20.3 Å². The van der Waals surface area contributed by atoms with E-state index >= 15 is 0 Å². The minimum absolute atomic E-state index is 0.140. The Bertz CT molecular complexity index is 908. The number of piperidine rings is 1. The fourth-order valence-electron chi connectivity index (χ4n) is 3.21. The van der Waals surface area contributed by atoms with Gasteiger partial charge in [0.25, 0.3) is 0 Å². The van der Waals surface area contributed by atoms with Crippen LogP contribution >= 0.6 is 11.6 Å². The van der Waals surface area contributed by atoms with Crippen molar-refractivity contribution in [3.63, 3.8) is 0 Å². The number of fused-ring (bicyclic) bond motifs is 1. The molecule has 25 heavy (non-hydrogen) atoms. The molecule has 0 amide bonds. The predicted molar refractivity (Wildman–Crippen MR) is 97.2 cm³/mol. The fraction of sp³-hybridized carbons (Fsp3) is 0.562. The molecule has 1 N–H and O–H groups in total. The first-order valence-corrected chi connectivity index (χ1v) is 10.4. The lowest BCUT2D eigenvalue weighted by Crippen LogP contribution is -2.43. The van der Waals surface area contributed by atoms with Crippen LogP contribution in [0.25, 0.3) is 10.9 Å². The molecule has 1 aliphatic carbocycles. The van der Waals surface area contributed by atoms with Gasteiger partial charge in [0.1, 0.15) is 5.52 Å². The molecule has 7 nitrogen and oxygen atoms in total. The van der Waals surface area contributed by atoms with Crippen LogP contribution in [-0.2, 0) is 10.0 Å². The molecule has 4 rings (SSSR count). The van der Waals surface area contributed by atoms with E-state index in [-0.39, 0.29) is 11.3 Å². The summed E-state index contributed by atoms with van der Waals surface area (Å²) in [5.41, 5.74) is 1.45. The zero-order valence-corrected chi connectivity index (χ0v) is 15.5. The third-order valence-corrected chi connectivity index (χ3v) is 7.41. The average Bonchev–Trinajstić information content (AvgIpc) is 3.41. The maximum Gasteiger partial charge on any atom is 0.223 e. The molecule has 0 aromatic carbocycles. The summed E-state index contributed by atoms with van der Waals surface area (Å²) in [4.78, 5) is 13.0. The van der Waals surface area contributed by atoms with Gasteiger partial charge in [-0.25, -0.2) is 27.7 Å². The van der Waals surface area contributed by atoms with Gasteiger partial charge >= 0.3 is 0 Å². The number of nitrogens with zero attached hydrogens (tertiary/aromatic N) is 4. The highest BCUT2D eigenvalue weighted by Gasteiger charge is 2.41. The van der Waals surface area contributed by atoms with Gasteiger partial charge in [0.05, 0.1) is 5.25 Å². The van der Waals surface area contributed by atoms with E-state index < -0.39 is 10.0 Å². The zero-order chi connectivity index (χ0) is 17.6. The predicted octanol–water partition coefficient (Wildman–Crippen LogP) is 2.36. The van der Waals surface area contributed by atoms with Gasteiger partial charge in [0, 0.05) is 36.4 Å². The van der Waals surface area contributed by atoms with Crippen LogP contribution in [0.1, 0.15) is 31.4 Å². The van der Waals surface area contributed by atoms with Gasteiger partial charge in [0.15, 0.2) is 5.15 Å². The molecule has 134 valence electrons. The zero-order valence-electron chi connectivity index (χ0n) is 13.9. The molecule has 0 radical (unpaired) electrons. The van der Waals surface area contributed by atoms with Crippen molar-refractivity contribution in [1.82, 2.24) is 19.3 Å². The summed E-state index contributed by atoms with van der Waals surface area (Å²) in [5, 5.41) is 4.38. The first-order valence-electron chi connectivity index (χ1n) is 8.49. The molecule has 2 fully saturated rings. The van der Waals surface area contributed by atoms with Crippen LogP contribution in [0, 0.1) is 6.92 Å². The van der Waals surface area contributed by atoms with E-state index in [0.29, 0.717) is 29.7 Å². The molecule has 1 saturated carbocycles. The number of anilines is 1. The third-order valence-electron chi connectivity index (χ3n) is 4.74. The molecule has 9 heteroatoms. The van der Waals surface area contributed by atoms with Crippen molar-refractivity contribution < 1.29 is 8.42 Å². The first-order chi connectivity index (χ1) is 11.9. The van der Waals surface area contributed by atoms with E-state index in [1.54, 1.807) is 10.5 Å². The van der Waals surface area contributed by atoms with Crippen LogP contribution in [-0.4, -0.2) is 52.1 Å². The van der Waals surface area contributed by atoms with Crippen LogP contribution in [0.4, 0.5) is 5.95 Å². The minimum Gasteiger partial charge on any atom is -0.351 e. The maximum absolute atomic E-state index is 12.3. The van der Waals surface area contributed by atoms with Crippen molar-refractivity contribution in [2.24, 2.45) is 0 Å². The second kappa shape index (κ2) is 6.34. The monoisotopic (exact) mass is 381 g/mol. The molecule has 1 aliphatic heterocycles. The van der Waals surface area contributed by atoms with Crippen molar-refractivity contribution in [3.05, 3.63) is 23.1 Å². The minimum atomic E-state index is -3.08. The van der Waals surface area contributed by atoms with Gasteiger partial charge in [-0.1, -0.05) is 11.6 Å². The number of nitrogens with one attached hydrogen (secondary N) is 1. The van der Waals surface area contributed by atoms with Gasteiger partial charge < -0.3 is 5.32 Å². The topological polar surface area (TPSA) is 88.1 Å². The van der Waals surface area contributed by atoms with Crippen molar-refractivity contribution >= 4 is 38.5 Å². The average molecular weight is 382 g/mol. The van der Waals surface area contributed by atoms with Crippen molar-refractivity contribution in [1.29, 1.82) is 0 Å². The lowest BCUT2D eigenvalue weighted by Gasteiger charge is -2.31. The number of aryl methyl sites for hydroxylation is 1. The van der Waals surface area contributed by atoms with Crippen LogP contribution in [0.2, 0.25) is 5.15 Å². The Morgan fingerprint density at radius 2 is 1.92 bits per heavy atom. The number of aromatic nitrogens is 3.